The summed E-state index contributed by atoms with van der Waals surface area (Å²) in [6.07, 6.45) is 0.901. The maximum atomic E-state index is 12.0. The first-order valence-electron chi connectivity index (χ1n) is 6.93. The summed E-state index contributed by atoms with van der Waals surface area (Å²) < 4.78 is 5.00. The van der Waals surface area contributed by atoms with E-state index in [0.29, 0.717) is 11.1 Å². The largest absolute Gasteiger partial charge is 0.454 e. The molecule has 2 rings (SSSR count). The third-order valence-electron chi connectivity index (χ3n) is 3.25. The molecule has 0 aromatic heterocycles. The van der Waals surface area contributed by atoms with E-state index in [0.717, 1.165) is 12.0 Å². The zero-order chi connectivity index (χ0) is 15.9. The van der Waals surface area contributed by atoms with Crippen LogP contribution in [0, 0.1) is 11.3 Å². The highest BCUT2D eigenvalue weighted by atomic mass is 16.5. The molecule has 0 N–H and O–H groups in total. The molecule has 4 nitrogen and oxygen atoms in total. The highest BCUT2D eigenvalue weighted by Gasteiger charge is 2.12. The molecule has 0 amide bonds. The number of ketones is 1. The summed E-state index contributed by atoms with van der Waals surface area (Å²) in [4.78, 5) is 23.8. The van der Waals surface area contributed by atoms with Crippen molar-refractivity contribution in [2.45, 2.75) is 13.3 Å². The van der Waals surface area contributed by atoms with Crippen molar-refractivity contribution in [1.82, 2.24) is 0 Å². The van der Waals surface area contributed by atoms with Crippen LogP contribution in [0.4, 0.5) is 0 Å². The Morgan fingerprint density at radius 1 is 1.09 bits per heavy atom. The van der Waals surface area contributed by atoms with E-state index in [4.69, 9.17) is 10.00 Å². The molecule has 2 aromatic carbocycles. The van der Waals surface area contributed by atoms with Crippen LogP contribution < -0.4 is 0 Å². The van der Waals surface area contributed by atoms with Crippen molar-refractivity contribution in [2.24, 2.45) is 0 Å². The minimum Gasteiger partial charge on any atom is -0.454 e. The van der Waals surface area contributed by atoms with E-state index < -0.39 is 5.97 Å². The minimum atomic E-state index is -0.615. The third-order valence-corrected chi connectivity index (χ3v) is 3.25. The second-order valence-corrected chi connectivity index (χ2v) is 4.74. The Morgan fingerprint density at radius 2 is 1.82 bits per heavy atom. The number of nitrogens with zero attached hydrogens (tertiary/aromatic N) is 1. The number of hydrogen-bond donors (Lipinski definition) is 0. The zero-order valence-electron chi connectivity index (χ0n) is 12.2. The lowest BCUT2D eigenvalue weighted by Gasteiger charge is -2.05. The van der Waals surface area contributed by atoms with Crippen LogP contribution in [-0.2, 0) is 11.2 Å². The molecule has 0 saturated heterocycles. The summed E-state index contributed by atoms with van der Waals surface area (Å²) in [5, 5.41) is 8.80. The summed E-state index contributed by atoms with van der Waals surface area (Å²) in [6, 6.07) is 15.3. The lowest BCUT2D eigenvalue weighted by molar-refractivity contribution is 0.0474. The fourth-order valence-corrected chi connectivity index (χ4v) is 1.94. The summed E-state index contributed by atoms with van der Waals surface area (Å²) in [5.74, 6) is -0.872. The lowest BCUT2D eigenvalue weighted by atomic mass is 10.1. The van der Waals surface area contributed by atoms with Crippen molar-refractivity contribution in [3.63, 3.8) is 0 Å². The average Bonchev–Trinajstić information content (AvgIpc) is 2.59. The van der Waals surface area contributed by atoms with Crippen LogP contribution in [0.5, 0.6) is 0 Å². The molecule has 0 heterocycles. The zero-order valence-corrected chi connectivity index (χ0v) is 12.2. The van der Waals surface area contributed by atoms with E-state index in [1.807, 2.05) is 25.1 Å². The molecule has 110 valence electrons. The molecule has 0 saturated carbocycles. The molecule has 0 unspecified atom stereocenters. The van der Waals surface area contributed by atoms with Gasteiger partial charge in [0, 0.05) is 5.56 Å². The van der Waals surface area contributed by atoms with Gasteiger partial charge in [-0.05, 0) is 30.2 Å². The smallest absolute Gasteiger partial charge is 0.338 e. The van der Waals surface area contributed by atoms with Crippen molar-refractivity contribution < 1.29 is 14.3 Å². The van der Waals surface area contributed by atoms with Gasteiger partial charge in [0.15, 0.2) is 12.4 Å². The topological polar surface area (TPSA) is 67.2 Å². The Balaban J connectivity index is 1.97. The maximum absolute atomic E-state index is 12.0. The number of Topliss-reactive ketones (excluding diaryl/α,β-unsaturated/α-hetero) is 1. The predicted octanol–water partition coefficient (Wildman–Crippen LogP) is 3.16. The fourth-order valence-electron chi connectivity index (χ4n) is 1.94. The Bertz CT molecular complexity index is 727. The summed E-state index contributed by atoms with van der Waals surface area (Å²) >= 11 is 0. The standard InChI is InChI=1S/C18H15NO3/c1-2-13-6-8-15(9-7-13)17(20)12-22-18(21)16-5-3-4-14(10-16)11-19/h3-10H,2,12H2,1H3. The van der Waals surface area contributed by atoms with Crippen molar-refractivity contribution in [3.8, 4) is 6.07 Å². The van der Waals surface area contributed by atoms with Gasteiger partial charge in [0.2, 0.25) is 0 Å². The Labute approximate surface area is 129 Å². The molecule has 0 atom stereocenters. The number of rotatable bonds is 5. The lowest BCUT2D eigenvalue weighted by Crippen LogP contribution is -2.14. The second-order valence-electron chi connectivity index (χ2n) is 4.74. The number of ether oxygens (including phenoxy) is 1. The highest BCUT2D eigenvalue weighted by Crippen LogP contribution is 2.08. The molecule has 0 bridgehead atoms. The van der Waals surface area contributed by atoms with Crippen LogP contribution in [-0.4, -0.2) is 18.4 Å². The van der Waals surface area contributed by atoms with Gasteiger partial charge in [-0.2, -0.15) is 5.26 Å². The fraction of sp³-hybridized carbons (Fsp3) is 0.167. The second kappa shape index (κ2) is 7.19. The Kier molecular flexibility index (Phi) is 5.05. The molecule has 0 radical (unpaired) electrons. The molecule has 0 aliphatic carbocycles. The number of hydrogen-bond acceptors (Lipinski definition) is 4. The van der Waals surface area contributed by atoms with Crippen molar-refractivity contribution in [3.05, 3.63) is 70.8 Å². The summed E-state index contributed by atoms with van der Waals surface area (Å²) in [6.45, 7) is 1.72. The van der Waals surface area contributed by atoms with Gasteiger partial charge >= 0.3 is 5.97 Å². The monoisotopic (exact) mass is 293 g/mol. The van der Waals surface area contributed by atoms with Gasteiger partial charge in [0.05, 0.1) is 17.2 Å². The first kappa shape index (κ1) is 15.5. The molecule has 2 aromatic rings. The van der Waals surface area contributed by atoms with E-state index in [1.165, 1.54) is 6.07 Å². The molecule has 0 aliphatic heterocycles. The van der Waals surface area contributed by atoms with Crippen molar-refractivity contribution >= 4 is 11.8 Å². The predicted molar refractivity (Wildman–Crippen MR) is 81.6 cm³/mol. The number of esters is 1. The SMILES string of the molecule is CCc1ccc(C(=O)COC(=O)c2cccc(C#N)c2)cc1. The quantitative estimate of drug-likeness (QED) is 0.627. The molecule has 4 heteroatoms. The van der Waals surface area contributed by atoms with Gasteiger partial charge in [-0.15, -0.1) is 0 Å². The first-order chi connectivity index (χ1) is 10.6. The van der Waals surface area contributed by atoms with Crippen LogP contribution in [0.2, 0.25) is 0 Å². The Hall–Kier alpha value is -2.93. The molecular formula is C18H15NO3. The molecular weight excluding hydrogens is 278 g/mol. The average molecular weight is 293 g/mol. The van der Waals surface area contributed by atoms with E-state index in [2.05, 4.69) is 0 Å². The normalized spacial score (nSPS) is 9.82. The van der Waals surface area contributed by atoms with Gasteiger partial charge in [0.25, 0.3) is 0 Å². The summed E-state index contributed by atoms with van der Waals surface area (Å²) in [5.41, 5.74) is 2.28. The molecule has 0 aliphatic rings. The van der Waals surface area contributed by atoms with Gasteiger partial charge in [0.1, 0.15) is 0 Å². The number of carbonyl (C=O) groups excluding carboxylic acids is 2. The highest BCUT2D eigenvalue weighted by molar-refractivity contribution is 5.99. The minimum absolute atomic E-state index is 0.257. The molecule has 0 fully saturated rings. The van der Waals surface area contributed by atoms with Crippen LogP contribution in [0.1, 0.15) is 38.8 Å². The van der Waals surface area contributed by atoms with Crippen molar-refractivity contribution in [2.75, 3.05) is 6.61 Å². The van der Waals surface area contributed by atoms with Gasteiger partial charge < -0.3 is 4.74 Å². The van der Waals surface area contributed by atoms with Gasteiger partial charge in [-0.25, -0.2) is 4.79 Å². The van der Waals surface area contributed by atoms with Gasteiger partial charge in [-0.3, -0.25) is 4.79 Å². The number of aryl methyl sites for hydroxylation is 1. The first-order valence-corrected chi connectivity index (χ1v) is 6.93. The van der Waals surface area contributed by atoms with Crippen LogP contribution in [0.25, 0.3) is 0 Å². The van der Waals surface area contributed by atoms with E-state index >= 15 is 0 Å². The maximum Gasteiger partial charge on any atom is 0.338 e. The van der Waals surface area contributed by atoms with Crippen LogP contribution in [0.15, 0.2) is 48.5 Å². The summed E-state index contributed by atoms with van der Waals surface area (Å²) in [7, 11) is 0. The Morgan fingerprint density at radius 3 is 2.45 bits per heavy atom. The number of nitriles is 1. The number of carbonyl (C=O) groups is 2. The van der Waals surface area contributed by atoms with Gasteiger partial charge in [-0.1, -0.05) is 37.3 Å². The van der Waals surface area contributed by atoms with Crippen LogP contribution >= 0.6 is 0 Å². The number of benzene rings is 2. The third kappa shape index (κ3) is 3.80. The van der Waals surface area contributed by atoms with E-state index in [1.54, 1.807) is 30.3 Å². The molecule has 22 heavy (non-hydrogen) atoms. The van der Waals surface area contributed by atoms with Crippen LogP contribution in [0.3, 0.4) is 0 Å². The van der Waals surface area contributed by atoms with Crippen molar-refractivity contribution in [1.29, 1.82) is 5.26 Å². The van der Waals surface area contributed by atoms with E-state index in [9.17, 15) is 9.59 Å². The van der Waals surface area contributed by atoms with E-state index in [-0.39, 0.29) is 18.0 Å². The molecule has 0 spiro atoms.